The van der Waals surface area contributed by atoms with Gasteiger partial charge in [0, 0.05) is 18.8 Å². The third-order valence-electron chi connectivity index (χ3n) is 3.99. The van der Waals surface area contributed by atoms with Gasteiger partial charge in [-0.3, -0.25) is 19.3 Å². The Morgan fingerprint density at radius 3 is 2.73 bits per heavy atom. The molecule has 1 aromatic heterocycles. The molecule has 2 rings (SSSR count). The van der Waals surface area contributed by atoms with Crippen molar-refractivity contribution in [2.45, 2.75) is 38.1 Å². The topological polar surface area (TPSA) is 73.6 Å². The highest BCUT2D eigenvalue weighted by atomic mass is 32.1. The first-order valence-electron chi connectivity index (χ1n) is 7.73. The van der Waals surface area contributed by atoms with Crippen LogP contribution in [0, 0.1) is 4.77 Å². The summed E-state index contributed by atoms with van der Waals surface area (Å²) in [6.07, 6.45) is 6.86. The molecule has 1 aromatic rings. The molecular weight excluding hydrogens is 300 g/mol. The molecular formula is C15H24N4O2S. The molecule has 1 aliphatic rings. The fraction of sp³-hybridized carbons (Fsp3) is 0.667. The molecule has 1 aliphatic carbocycles. The third-order valence-corrected chi connectivity index (χ3v) is 4.29. The zero-order valence-electron chi connectivity index (χ0n) is 13.2. The van der Waals surface area contributed by atoms with E-state index in [1.54, 1.807) is 4.57 Å². The number of aromatic amines is 1. The molecule has 0 unspecified atom stereocenters. The molecule has 22 heavy (non-hydrogen) atoms. The minimum Gasteiger partial charge on any atom is -0.494 e. The minimum absolute atomic E-state index is 0.0609. The molecule has 0 spiro atoms. The Balaban J connectivity index is 2.30. The van der Waals surface area contributed by atoms with Crippen LogP contribution in [0.15, 0.2) is 9.79 Å². The molecule has 2 N–H and O–H groups in total. The maximum atomic E-state index is 12.0. The van der Waals surface area contributed by atoms with Crippen molar-refractivity contribution >= 4 is 18.4 Å². The second kappa shape index (κ2) is 7.69. The SMILES string of the molecule is CN(C)CCN=Cc1c(O)n(C2CCCCC2)c(=S)[nH]c1=O. The van der Waals surface area contributed by atoms with E-state index in [4.69, 9.17) is 12.2 Å². The van der Waals surface area contributed by atoms with E-state index in [2.05, 4.69) is 9.98 Å². The third kappa shape index (κ3) is 4.04. The Labute approximate surface area is 135 Å². The molecule has 7 heteroatoms. The number of likely N-dealkylation sites (N-methyl/N-ethyl adjacent to an activating group) is 1. The predicted octanol–water partition coefficient (Wildman–Crippen LogP) is 2.10. The summed E-state index contributed by atoms with van der Waals surface area (Å²) in [4.78, 5) is 20.9. The molecule has 6 nitrogen and oxygen atoms in total. The van der Waals surface area contributed by atoms with Gasteiger partial charge in [0.2, 0.25) is 5.88 Å². The van der Waals surface area contributed by atoms with Gasteiger partial charge in [0.15, 0.2) is 4.77 Å². The van der Waals surface area contributed by atoms with E-state index < -0.39 is 0 Å². The van der Waals surface area contributed by atoms with Crippen LogP contribution in [0.1, 0.15) is 43.7 Å². The van der Waals surface area contributed by atoms with Crippen molar-refractivity contribution in [3.8, 4) is 5.88 Å². The fourth-order valence-corrected chi connectivity index (χ4v) is 3.09. The standard InChI is InChI=1S/C15H24N4O2S/c1-18(2)9-8-16-10-12-13(20)17-15(22)19(14(12)21)11-6-4-3-5-7-11/h10-11,21H,3-9H2,1-2H3,(H,17,20,22). The number of rotatable bonds is 5. The van der Waals surface area contributed by atoms with Gasteiger partial charge in [0.25, 0.3) is 5.56 Å². The number of aromatic nitrogens is 2. The first kappa shape index (κ1) is 16.9. The van der Waals surface area contributed by atoms with Crippen LogP contribution in [-0.4, -0.2) is 53.0 Å². The van der Waals surface area contributed by atoms with Crippen molar-refractivity contribution in [1.82, 2.24) is 14.5 Å². The van der Waals surface area contributed by atoms with E-state index in [0.29, 0.717) is 11.3 Å². The quantitative estimate of drug-likeness (QED) is 0.642. The Morgan fingerprint density at radius 2 is 2.09 bits per heavy atom. The summed E-state index contributed by atoms with van der Waals surface area (Å²) in [5.74, 6) is -0.0609. The Morgan fingerprint density at radius 1 is 1.41 bits per heavy atom. The number of hydrogen-bond donors (Lipinski definition) is 2. The van der Waals surface area contributed by atoms with Crippen LogP contribution in [0.3, 0.4) is 0 Å². The molecule has 1 fully saturated rings. The lowest BCUT2D eigenvalue weighted by atomic mass is 9.95. The number of aromatic hydroxyl groups is 1. The van der Waals surface area contributed by atoms with Gasteiger partial charge in [0.1, 0.15) is 5.56 Å². The summed E-state index contributed by atoms with van der Waals surface area (Å²) in [6.45, 7) is 1.36. The fourth-order valence-electron chi connectivity index (χ4n) is 2.76. The van der Waals surface area contributed by atoms with Crippen molar-refractivity contribution in [1.29, 1.82) is 0 Å². The lowest BCUT2D eigenvalue weighted by Crippen LogP contribution is -2.23. The first-order chi connectivity index (χ1) is 10.5. The van der Waals surface area contributed by atoms with Crippen LogP contribution >= 0.6 is 12.2 Å². The highest BCUT2D eigenvalue weighted by Gasteiger charge is 2.20. The van der Waals surface area contributed by atoms with Crippen LogP contribution in [-0.2, 0) is 0 Å². The highest BCUT2D eigenvalue weighted by Crippen LogP contribution is 2.31. The molecule has 0 radical (unpaired) electrons. The maximum absolute atomic E-state index is 12.0. The van der Waals surface area contributed by atoms with E-state index in [9.17, 15) is 9.90 Å². The van der Waals surface area contributed by atoms with E-state index in [-0.39, 0.29) is 23.0 Å². The summed E-state index contributed by atoms with van der Waals surface area (Å²) < 4.78 is 1.98. The average molecular weight is 324 g/mol. The maximum Gasteiger partial charge on any atom is 0.264 e. The van der Waals surface area contributed by atoms with E-state index in [1.165, 1.54) is 12.6 Å². The lowest BCUT2D eigenvalue weighted by molar-refractivity contribution is 0.303. The molecule has 0 atom stereocenters. The van der Waals surface area contributed by atoms with Gasteiger partial charge in [-0.2, -0.15) is 0 Å². The molecule has 1 heterocycles. The van der Waals surface area contributed by atoms with E-state index in [0.717, 1.165) is 32.2 Å². The molecule has 0 saturated heterocycles. The smallest absolute Gasteiger partial charge is 0.264 e. The number of H-pyrrole nitrogens is 1. The highest BCUT2D eigenvalue weighted by molar-refractivity contribution is 7.71. The second-order valence-corrected chi connectivity index (χ2v) is 6.38. The van der Waals surface area contributed by atoms with Gasteiger partial charge < -0.3 is 10.0 Å². The minimum atomic E-state index is -0.386. The largest absolute Gasteiger partial charge is 0.494 e. The first-order valence-corrected chi connectivity index (χ1v) is 8.14. The second-order valence-electron chi connectivity index (χ2n) is 6.00. The Bertz CT molecular complexity index is 642. The number of nitrogens with one attached hydrogen (secondary N) is 1. The molecule has 122 valence electrons. The van der Waals surface area contributed by atoms with Crippen LogP contribution in [0.2, 0.25) is 0 Å². The number of aliphatic imine (C=N–C) groups is 1. The summed E-state index contributed by atoms with van der Waals surface area (Å²) in [6, 6.07) is 0.159. The number of hydrogen-bond acceptors (Lipinski definition) is 5. The van der Waals surface area contributed by atoms with Crippen molar-refractivity contribution < 1.29 is 5.11 Å². The van der Waals surface area contributed by atoms with E-state index >= 15 is 0 Å². The zero-order valence-corrected chi connectivity index (χ0v) is 14.0. The van der Waals surface area contributed by atoms with Crippen LogP contribution in [0.4, 0.5) is 0 Å². The monoisotopic (exact) mass is 324 g/mol. The summed E-state index contributed by atoms with van der Waals surface area (Å²) in [5, 5.41) is 10.5. The van der Waals surface area contributed by atoms with Gasteiger partial charge in [-0.1, -0.05) is 19.3 Å². The molecule has 0 amide bonds. The predicted molar refractivity (Wildman–Crippen MR) is 90.7 cm³/mol. The van der Waals surface area contributed by atoms with Crippen LogP contribution < -0.4 is 5.56 Å². The zero-order chi connectivity index (χ0) is 16.1. The van der Waals surface area contributed by atoms with Crippen LogP contribution in [0.5, 0.6) is 5.88 Å². The summed E-state index contributed by atoms with van der Waals surface area (Å²) in [7, 11) is 3.92. The van der Waals surface area contributed by atoms with Gasteiger partial charge in [0.05, 0.1) is 6.54 Å². The molecule has 0 aliphatic heterocycles. The van der Waals surface area contributed by atoms with Gasteiger partial charge in [-0.25, -0.2) is 0 Å². The Hall–Kier alpha value is -1.47. The summed E-state index contributed by atoms with van der Waals surface area (Å²) >= 11 is 5.23. The lowest BCUT2D eigenvalue weighted by Gasteiger charge is -2.25. The normalized spacial score (nSPS) is 16.7. The van der Waals surface area contributed by atoms with Gasteiger partial charge in [-0.15, -0.1) is 0 Å². The van der Waals surface area contributed by atoms with Crippen molar-refractivity contribution in [2.24, 2.45) is 4.99 Å². The molecule has 0 bridgehead atoms. The molecule has 0 aromatic carbocycles. The Kier molecular flexibility index (Phi) is 5.90. The number of nitrogens with zero attached hydrogens (tertiary/aromatic N) is 3. The van der Waals surface area contributed by atoms with Gasteiger partial charge >= 0.3 is 0 Å². The van der Waals surface area contributed by atoms with E-state index in [1.807, 2.05) is 19.0 Å². The van der Waals surface area contributed by atoms with Crippen molar-refractivity contribution in [3.63, 3.8) is 0 Å². The molecule has 1 saturated carbocycles. The summed E-state index contributed by atoms with van der Waals surface area (Å²) in [5.41, 5.74) is -0.193. The average Bonchev–Trinajstić information content (AvgIpc) is 2.46. The van der Waals surface area contributed by atoms with Crippen molar-refractivity contribution in [2.75, 3.05) is 27.2 Å². The van der Waals surface area contributed by atoms with Gasteiger partial charge in [-0.05, 0) is 39.2 Å². The van der Waals surface area contributed by atoms with Crippen LogP contribution in [0.25, 0.3) is 0 Å². The van der Waals surface area contributed by atoms with Crippen molar-refractivity contribution in [3.05, 3.63) is 20.7 Å².